The maximum atomic E-state index is 14.4. The predicted octanol–water partition coefficient (Wildman–Crippen LogP) is 3.05. The molecule has 1 unspecified atom stereocenters. The molecule has 2 aliphatic heterocycles. The van der Waals surface area contributed by atoms with Crippen molar-refractivity contribution in [1.29, 1.82) is 0 Å². The minimum Gasteiger partial charge on any atom is -0.389 e. The zero-order valence-electron chi connectivity index (χ0n) is 37.6. The molecule has 1 aromatic carbocycles. The number of aliphatic hydroxyl groups excluding tert-OH is 1. The van der Waals surface area contributed by atoms with Crippen molar-refractivity contribution in [3.05, 3.63) is 35.9 Å². The van der Waals surface area contributed by atoms with Crippen molar-refractivity contribution in [3.8, 4) is 0 Å². The Hall–Kier alpha value is -3.43. The second-order valence-corrected chi connectivity index (χ2v) is 17.4. The summed E-state index contributed by atoms with van der Waals surface area (Å²) in [5.74, 6) is -1.98. The summed E-state index contributed by atoms with van der Waals surface area (Å²) in [6, 6.07) is 7.37. The second kappa shape index (κ2) is 24.7. The van der Waals surface area contributed by atoms with Crippen LogP contribution in [0.1, 0.15) is 92.6 Å². The number of aryl methyl sites for hydroxylation is 1. The number of aliphatic hydroxyl groups is 1. The number of piperazine rings is 1. The third-order valence-electron chi connectivity index (χ3n) is 12.6. The fourth-order valence-corrected chi connectivity index (χ4v) is 9.01. The van der Waals surface area contributed by atoms with Crippen LogP contribution in [0.15, 0.2) is 30.3 Å². The molecule has 4 amide bonds. The Balaban J connectivity index is 1.76. The Morgan fingerprint density at radius 1 is 0.898 bits per heavy atom. The van der Waals surface area contributed by atoms with E-state index >= 15 is 0 Å². The number of nitrogens with zero attached hydrogens (tertiary/aromatic N) is 3. The number of hydrogen-bond donors (Lipinski definition) is 4. The number of carbonyl (C=O) groups excluding carboxylic acids is 5. The van der Waals surface area contributed by atoms with Gasteiger partial charge >= 0.3 is 0 Å². The summed E-state index contributed by atoms with van der Waals surface area (Å²) in [6.07, 6.45) is 2.05. The molecule has 4 N–H and O–H groups in total. The molecule has 2 fully saturated rings. The summed E-state index contributed by atoms with van der Waals surface area (Å²) in [5.41, 5.74) is 1.08. The van der Waals surface area contributed by atoms with Gasteiger partial charge in [0, 0.05) is 66.5 Å². The monoisotopic (exact) mass is 829 g/mol. The minimum absolute atomic E-state index is 0.0125. The SMILES string of the molecule is CC[C@H](C)[C@@H](C(CC(=O)N1CCC[C@H]1[C@H](OC)[C@@H](C)C(=O)N[C@@H](CCc1ccccc1)CC(=O)CO)OC)N(C)C(=O)[C@@H](NC(=O)[C@H](C(C)C)N1CCNCC1)C(C)C. The van der Waals surface area contributed by atoms with E-state index in [0.29, 0.717) is 25.8 Å². The zero-order valence-corrected chi connectivity index (χ0v) is 37.6. The van der Waals surface area contributed by atoms with E-state index in [-0.39, 0.29) is 72.1 Å². The molecule has 0 aliphatic carbocycles. The second-order valence-electron chi connectivity index (χ2n) is 17.4. The van der Waals surface area contributed by atoms with Crippen molar-refractivity contribution >= 4 is 29.4 Å². The lowest BCUT2D eigenvalue weighted by atomic mass is 9.89. The molecular formula is C45H76N6O8. The van der Waals surface area contributed by atoms with Crippen molar-refractivity contribution in [3.63, 3.8) is 0 Å². The van der Waals surface area contributed by atoms with Gasteiger partial charge in [0.15, 0.2) is 5.78 Å². The lowest BCUT2D eigenvalue weighted by molar-refractivity contribution is -0.148. The number of methoxy groups -OCH3 is 2. The van der Waals surface area contributed by atoms with Crippen LogP contribution in [0.5, 0.6) is 0 Å². The fourth-order valence-electron chi connectivity index (χ4n) is 9.01. The molecule has 2 aliphatic rings. The van der Waals surface area contributed by atoms with Crippen LogP contribution >= 0.6 is 0 Å². The van der Waals surface area contributed by atoms with Crippen LogP contribution in [0.3, 0.4) is 0 Å². The molecule has 14 heteroatoms. The average molecular weight is 829 g/mol. The van der Waals surface area contributed by atoms with Crippen molar-refractivity contribution in [2.24, 2.45) is 23.7 Å². The van der Waals surface area contributed by atoms with Crippen molar-refractivity contribution in [2.45, 2.75) is 136 Å². The standard InChI is InChI=1S/C45H76N6O8/c1-11-31(6)41(49(8)45(57)39(29(2)3)48-44(56)40(30(4)5)50-24-21-46-22-25-50)37(58-9)27-38(54)51-23-15-18-36(51)42(59-10)32(7)43(55)47-34(26-35(53)28-52)20-19-33-16-13-12-14-17-33/h12-14,16-17,29-32,34,36-37,39-42,46,52H,11,15,18-28H2,1-10H3,(H,47,55)(H,48,56)/t31-,32+,34-,36-,37?,39-,40-,41-,42+/m0/s1. The lowest BCUT2D eigenvalue weighted by Gasteiger charge is -2.41. The van der Waals surface area contributed by atoms with E-state index in [9.17, 15) is 29.1 Å². The molecule has 1 aromatic rings. The smallest absolute Gasteiger partial charge is 0.245 e. The van der Waals surface area contributed by atoms with Gasteiger partial charge in [0.2, 0.25) is 23.6 Å². The van der Waals surface area contributed by atoms with Gasteiger partial charge in [0.05, 0.1) is 42.7 Å². The molecule has 0 spiro atoms. The molecule has 9 atom stereocenters. The summed E-state index contributed by atoms with van der Waals surface area (Å²) >= 11 is 0. The summed E-state index contributed by atoms with van der Waals surface area (Å²) in [7, 11) is 4.86. The first kappa shape index (κ1) is 49.9. The number of hydrogen-bond acceptors (Lipinski definition) is 10. The molecule has 14 nitrogen and oxygen atoms in total. The molecule has 0 radical (unpaired) electrons. The highest BCUT2D eigenvalue weighted by Gasteiger charge is 2.43. The highest BCUT2D eigenvalue weighted by atomic mass is 16.5. The highest BCUT2D eigenvalue weighted by molar-refractivity contribution is 5.90. The summed E-state index contributed by atoms with van der Waals surface area (Å²) in [5, 5.41) is 19.0. The van der Waals surface area contributed by atoms with Gasteiger partial charge in [-0.2, -0.15) is 0 Å². The Bertz CT molecular complexity index is 1470. The summed E-state index contributed by atoms with van der Waals surface area (Å²) < 4.78 is 12.1. The third-order valence-corrected chi connectivity index (χ3v) is 12.6. The predicted molar refractivity (Wildman–Crippen MR) is 229 cm³/mol. The van der Waals surface area contributed by atoms with E-state index in [0.717, 1.165) is 44.6 Å². The van der Waals surface area contributed by atoms with Gasteiger partial charge in [-0.25, -0.2) is 0 Å². The summed E-state index contributed by atoms with van der Waals surface area (Å²) in [4.78, 5) is 74.4. The van der Waals surface area contributed by atoms with E-state index in [1.807, 2.05) is 71.9 Å². The van der Waals surface area contributed by atoms with Crippen molar-refractivity contribution in [1.82, 2.24) is 30.7 Å². The van der Waals surface area contributed by atoms with Gasteiger partial charge in [-0.05, 0) is 49.0 Å². The van der Waals surface area contributed by atoms with E-state index < -0.39 is 42.9 Å². The quantitative estimate of drug-likeness (QED) is 0.122. The molecule has 0 saturated carbocycles. The number of likely N-dealkylation sites (tertiary alicyclic amines) is 1. The van der Waals surface area contributed by atoms with Gasteiger partial charge in [0.1, 0.15) is 12.6 Å². The molecule has 334 valence electrons. The van der Waals surface area contributed by atoms with Gasteiger partial charge in [-0.15, -0.1) is 0 Å². The number of benzene rings is 1. The van der Waals surface area contributed by atoms with Crippen LogP contribution in [0.25, 0.3) is 0 Å². The molecule has 2 saturated heterocycles. The van der Waals surface area contributed by atoms with Crippen LogP contribution < -0.4 is 16.0 Å². The Labute approximate surface area is 353 Å². The van der Waals surface area contributed by atoms with Crippen LogP contribution in [0.2, 0.25) is 0 Å². The largest absolute Gasteiger partial charge is 0.389 e. The van der Waals surface area contributed by atoms with Gasteiger partial charge in [0.25, 0.3) is 0 Å². The Morgan fingerprint density at radius 2 is 1.56 bits per heavy atom. The lowest BCUT2D eigenvalue weighted by Crippen LogP contribution is -2.61. The van der Waals surface area contributed by atoms with E-state index in [1.54, 1.807) is 38.0 Å². The number of rotatable bonds is 24. The van der Waals surface area contributed by atoms with Crippen LogP contribution in [-0.2, 0) is 39.9 Å². The van der Waals surface area contributed by atoms with Crippen molar-refractivity contribution in [2.75, 3.05) is 60.6 Å². The number of likely N-dealkylation sites (N-methyl/N-ethyl adjacent to an activating group) is 1. The topological polar surface area (TPSA) is 170 Å². The van der Waals surface area contributed by atoms with E-state index in [2.05, 4.69) is 20.9 Å². The normalized spacial score (nSPS) is 20.3. The van der Waals surface area contributed by atoms with Crippen molar-refractivity contribution < 1.29 is 38.6 Å². The fraction of sp³-hybridized carbons (Fsp3) is 0.756. The molecule has 2 heterocycles. The van der Waals surface area contributed by atoms with Gasteiger partial charge < -0.3 is 40.3 Å². The molecule has 3 rings (SSSR count). The number of carbonyl (C=O) groups is 5. The minimum atomic E-state index is -0.769. The van der Waals surface area contributed by atoms with Crippen LogP contribution in [0.4, 0.5) is 0 Å². The van der Waals surface area contributed by atoms with E-state index in [4.69, 9.17) is 9.47 Å². The number of nitrogens with one attached hydrogen (secondary N) is 3. The highest BCUT2D eigenvalue weighted by Crippen LogP contribution is 2.30. The van der Waals surface area contributed by atoms with Gasteiger partial charge in [-0.3, -0.25) is 28.9 Å². The molecule has 59 heavy (non-hydrogen) atoms. The number of amides is 4. The van der Waals surface area contributed by atoms with E-state index in [1.165, 1.54) is 0 Å². The maximum Gasteiger partial charge on any atom is 0.245 e. The molecule has 0 aromatic heterocycles. The Kier molecular flexibility index (Phi) is 20.9. The van der Waals surface area contributed by atoms with Crippen LogP contribution in [0, 0.1) is 23.7 Å². The zero-order chi connectivity index (χ0) is 43.8. The first-order chi connectivity index (χ1) is 28.1. The molecular weight excluding hydrogens is 753 g/mol. The maximum absolute atomic E-state index is 14.4. The number of ketones is 1. The third kappa shape index (κ3) is 14.1. The van der Waals surface area contributed by atoms with Gasteiger partial charge in [-0.1, -0.05) is 85.2 Å². The number of ether oxygens (including phenoxy) is 2. The number of Topliss-reactive ketones (excluding diaryl/α,β-unsaturated/α-hetero) is 1. The molecule has 0 bridgehead atoms. The summed E-state index contributed by atoms with van der Waals surface area (Å²) in [6.45, 7) is 16.8. The van der Waals surface area contributed by atoms with Crippen LogP contribution in [-0.4, -0.2) is 152 Å². The first-order valence-corrected chi connectivity index (χ1v) is 21.9. The average Bonchev–Trinajstić information content (AvgIpc) is 3.71. The Morgan fingerprint density at radius 3 is 2.12 bits per heavy atom. The first-order valence-electron chi connectivity index (χ1n) is 21.9.